The van der Waals surface area contributed by atoms with Crippen LogP contribution in [0.25, 0.3) is 11.1 Å². The zero-order chi connectivity index (χ0) is 59.3. The van der Waals surface area contributed by atoms with E-state index in [1.54, 1.807) is 24.3 Å². The van der Waals surface area contributed by atoms with Crippen LogP contribution in [0.3, 0.4) is 0 Å². The van der Waals surface area contributed by atoms with Crippen LogP contribution < -0.4 is 37.9 Å². The zero-order valence-electron chi connectivity index (χ0n) is 49.3. The maximum absolute atomic E-state index is 13.1. The largest absolute Gasteiger partial charge is 0.494 e. The SMILES string of the molecule is Fc1ccc(N=Nc2ccc(OCCCCCCOc3ccccc3OCCCCCCOc3ccc(-c4ccc(OCCCCCCOc5ccccc5OCCCCCCOc5ccc(N=Nc6ccc(F)cc6)cc5)cc4)cc3)cc2)cc1. The summed E-state index contributed by atoms with van der Waals surface area (Å²) in [5.74, 6) is 5.90. The van der Waals surface area contributed by atoms with E-state index in [1.807, 2.05) is 121 Å². The van der Waals surface area contributed by atoms with Gasteiger partial charge in [0.15, 0.2) is 23.0 Å². The predicted molar refractivity (Wildman–Crippen MR) is 337 cm³/mol. The molecule has 0 atom stereocenters. The second-order valence-corrected chi connectivity index (χ2v) is 20.7. The molecule has 0 amide bonds. The normalized spacial score (nSPS) is 11.2. The summed E-state index contributed by atoms with van der Waals surface area (Å²) in [6, 6.07) is 59.2. The first kappa shape index (κ1) is 63.2. The lowest BCUT2D eigenvalue weighted by molar-refractivity contribution is 0.254. The molecule has 0 unspecified atom stereocenters. The monoisotopic (exact) mass is 1170 g/mol. The van der Waals surface area contributed by atoms with Crippen LogP contribution in [0, 0.1) is 11.6 Å². The molecule has 8 aromatic rings. The Hall–Kier alpha value is -8.78. The van der Waals surface area contributed by atoms with Crippen LogP contribution in [0.5, 0.6) is 46.0 Å². The Bertz CT molecular complexity index is 2970. The molecule has 0 saturated carbocycles. The van der Waals surface area contributed by atoms with E-state index in [9.17, 15) is 8.78 Å². The molecule has 0 aliphatic heterocycles. The summed E-state index contributed by atoms with van der Waals surface area (Å²) < 4.78 is 74.6. The van der Waals surface area contributed by atoms with E-state index in [0.717, 1.165) is 160 Å². The number of unbranched alkanes of at least 4 members (excludes halogenated alkanes) is 12. The average Bonchev–Trinajstić information content (AvgIpc) is 3.66. The number of benzene rings is 8. The molecule has 0 aliphatic carbocycles. The van der Waals surface area contributed by atoms with E-state index in [4.69, 9.17) is 37.9 Å². The van der Waals surface area contributed by atoms with E-state index in [1.165, 1.54) is 24.3 Å². The van der Waals surface area contributed by atoms with E-state index >= 15 is 0 Å². The van der Waals surface area contributed by atoms with Gasteiger partial charge >= 0.3 is 0 Å². The molecule has 0 saturated heterocycles. The smallest absolute Gasteiger partial charge is 0.161 e. The first-order chi connectivity index (χ1) is 42.5. The van der Waals surface area contributed by atoms with E-state index in [-0.39, 0.29) is 11.6 Å². The van der Waals surface area contributed by atoms with Gasteiger partial charge in [-0.15, -0.1) is 0 Å². The molecule has 0 heterocycles. The summed E-state index contributed by atoms with van der Waals surface area (Å²) in [5.41, 5.74) is 4.87. The molecule has 0 bridgehead atoms. The minimum atomic E-state index is -0.299. The van der Waals surface area contributed by atoms with Crippen molar-refractivity contribution >= 4 is 22.7 Å². The highest BCUT2D eigenvalue weighted by Gasteiger charge is 2.08. The molecule has 450 valence electrons. The van der Waals surface area contributed by atoms with Gasteiger partial charge < -0.3 is 37.9 Å². The molecule has 12 nitrogen and oxygen atoms in total. The fraction of sp³-hybridized carbons (Fsp3) is 0.333. The van der Waals surface area contributed by atoms with Gasteiger partial charge in [-0.05, 0) is 259 Å². The summed E-state index contributed by atoms with van der Waals surface area (Å²) in [4.78, 5) is 0. The molecule has 0 aromatic heterocycles. The Balaban J connectivity index is 0.582. The summed E-state index contributed by atoms with van der Waals surface area (Å²) >= 11 is 0. The van der Waals surface area contributed by atoms with Crippen molar-refractivity contribution in [3.05, 3.63) is 206 Å². The molecule has 8 rings (SSSR count). The summed E-state index contributed by atoms with van der Waals surface area (Å²) in [6.07, 6.45) is 16.2. The second kappa shape index (κ2) is 37.5. The number of para-hydroxylation sites is 4. The van der Waals surface area contributed by atoms with Gasteiger partial charge in [-0.2, -0.15) is 20.5 Å². The number of halogens is 2. The summed E-state index contributed by atoms with van der Waals surface area (Å²) in [5, 5.41) is 16.7. The van der Waals surface area contributed by atoms with Crippen LogP contribution in [0.2, 0.25) is 0 Å². The quantitative estimate of drug-likeness (QED) is 0.0274. The van der Waals surface area contributed by atoms with Crippen LogP contribution >= 0.6 is 0 Å². The molecule has 0 spiro atoms. The van der Waals surface area contributed by atoms with Gasteiger partial charge in [0.05, 0.1) is 75.6 Å². The Labute approximate surface area is 506 Å². The lowest BCUT2D eigenvalue weighted by Crippen LogP contribution is -2.03. The summed E-state index contributed by atoms with van der Waals surface area (Å²) in [7, 11) is 0. The van der Waals surface area contributed by atoms with Crippen LogP contribution in [0.15, 0.2) is 215 Å². The number of ether oxygens (including phenoxy) is 8. The Morgan fingerprint density at radius 2 is 0.407 bits per heavy atom. The first-order valence-electron chi connectivity index (χ1n) is 30.4. The van der Waals surface area contributed by atoms with Gasteiger partial charge in [0, 0.05) is 0 Å². The van der Waals surface area contributed by atoms with Crippen molar-refractivity contribution in [2.75, 3.05) is 52.9 Å². The van der Waals surface area contributed by atoms with E-state index in [0.29, 0.717) is 75.6 Å². The third kappa shape index (κ3) is 24.1. The standard InChI is InChI=1S/C72H80F2N4O8/c73-59-29-33-61(34-30-59)75-77-63-37-45-67(46-38-63)81-51-15-3-7-19-55-85-71-23-11-9-21-69(71)83-53-17-5-1-13-49-79-65-41-25-57(26-42-65)58-27-43-66(44-28-58)80-50-14-2-6-18-54-84-70-22-10-12-24-72(70)86-56-20-8-4-16-52-82-68-47-39-64(40-48-68)78-76-62-35-31-60(74)32-36-62/h9-12,21-48H,1-8,13-20,49-56H2. The Morgan fingerprint density at radius 1 is 0.209 bits per heavy atom. The van der Waals surface area contributed by atoms with E-state index in [2.05, 4.69) is 44.7 Å². The second-order valence-electron chi connectivity index (χ2n) is 20.7. The minimum Gasteiger partial charge on any atom is -0.494 e. The number of hydrogen-bond donors (Lipinski definition) is 0. The topological polar surface area (TPSA) is 123 Å². The van der Waals surface area contributed by atoms with E-state index < -0.39 is 0 Å². The summed E-state index contributed by atoms with van der Waals surface area (Å²) in [6.45, 7) is 5.21. The lowest BCUT2D eigenvalue weighted by atomic mass is 10.1. The number of hydrogen-bond acceptors (Lipinski definition) is 12. The third-order valence-corrected chi connectivity index (χ3v) is 13.9. The van der Waals surface area contributed by atoms with Crippen LogP contribution in [0.4, 0.5) is 31.5 Å². The van der Waals surface area contributed by atoms with Crippen molar-refractivity contribution in [3.8, 4) is 57.1 Å². The molecule has 0 radical (unpaired) electrons. The molecule has 8 aromatic carbocycles. The predicted octanol–water partition coefficient (Wildman–Crippen LogP) is 20.5. The third-order valence-electron chi connectivity index (χ3n) is 13.9. The van der Waals surface area contributed by atoms with Gasteiger partial charge in [-0.3, -0.25) is 0 Å². The van der Waals surface area contributed by atoms with Crippen molar-refractivity contribution in [1.82, 2.24) is 0 Å². The minimum absolute atomic E-state index is 0.299. The van der Waals surface area contributed by atoms with Crippen LogP contribution in [0.1, 0.15) is 103 Å². The molecular formula is C72H80F2N4O8. The molecule has 0 fully saturated rings. The van der Waals surface area contributed by atoms with Gasteiger partial charge in [0.1, 0.15) is 34.6 Å². The number of nitrogens with zero attached hydrogens (tertiary/aromatic N) is 4. The van der Waals surface area contributed by atoms with Gasteiger partial charge in [0.2, 0.25) is 0 Å². The van der Waals surface area contributed by atoms with Crippen molar-refractivity contribution < 1.29 is 46.7 Å². The Kier molecular flexibility index (Phi) is 27.6. The van der Waals surface area contributed by atoms with Gasteiger partial charge in [0.25, 0.3) is 0 Å². The zero-order valence-corrected chi connectivity index (χ0v) is 49.3. The fourth-order valence-electron chi connectivity index (χ4n) is 9.05. The molecule has 0 aliphatic rings. The molecule has 86 heavy (non-hydrogen) atoms. The van der Waals surface area contributed by atoms with Crippen molar-refractivity contribution in [2.45, 2.75) is 103 Å². The highest BCUT2D eigenvalue weighted by atomic mass is 19.1. The maximum atomic E-state index is 13.1. The van der Waals surface area contributed by atoms with Crippen molar-refractivity contribution in [1.29, 1.82) is 0 Å². The number of azo groups is 2. The number of rotatable bonds is 41. The maximum Gasteiger partial charge on any atom is 0.161 e. The molecular weight excluding hydrogens is 1090 g/mol. The fourth-order valence-corrected chi connectivity index (χ4v) is 9.05. The van der Waals surface area contributed by atoms with Crippen LogP contribution in [-0.4, -0.2) is 52.9 Å². The lowest BCUT2D eigenvalue weighted by Gasteiger charge is -2.13. The van der Waals surface area contributed by atoms with Gasteiger partial charge in [-0.1, -0.05) is 48.5 Å². The highest BCUT2D eigenvalue weighted by molar-refractivity contribution is 5.65. The van der Waals surface area contributed by atoms with Gasteiger partial charge in [-0.25, -0.2) is 8.78 Å². The average molecular weight is 1170 g/mol. The first-order valence-corrected chi connectivity index (χ1v) is 30.4. The molecule has 14 heteroatoms. The highest BCUT2D eigenvalue weighted by Crippen LogP contribution is 2.30. The molecule has 0 N–H and O–H groups in total. The Morgan fingerprint density at radius 3 is 0.640 bits per heavy atom. The van der Waals surface area contributed by atoms with Crippen molar-refractivity contribution in [2.24, 2.45) is 20.5 Å². The van der Waals surface area contributed by atoms with Crippen LogP contribution in [-0.2, 0) is 0 Å². The van der Waals surface area contributed by atoms with Crippen molar-refractivity contribution in [3.63, 3.8) is 0 Å².